The standard InChI is InChI=1S/C20H30N4O5S/c1-3-22(20(26)18-5-4-10-24(18)30(2,27)28)15-19(25)21-16-6-8-17(9-7-16)23-11-13-29-14-12-23/h6-9,18H,3-5,10-15H2,1-2H3,(H,21,25). The van der Waals surface area contributed by atoms with Crippen LogP contribution in [-0.2, 0) is 24.3 Å². The zero-order chi connectivity index (χ0) is 21.7. The Morgan fingerprint density at radius 2 is 1.83 bits per heavy atom. The number of hydrogen-bond acceptors (Lipinski definition) is 6. The SMILES string of the molecule is CCN(CC(=O)Nc1ccc(N2CCOCC2)cc1)C(=O)C1CCCN1S(C)(=O)=O. The van der Waals surface area contributed by atoms with E-state index in [1.807, 2.05) is 24.3 Å². The highest BCUT2D eigenvalue weighted by Crippen LogP contribution is 2.22. The minimum atomic E-state index is -3.46. The summed E-state index contributed by atoms with van der Waals surface area (Å²) in [6, 6.07) is 6.85. The maximum absolute atomic E-state index is 12.9. The van der Waals surface area contributed by atoms with Crippen molar-refractivity contribution < 1.29 is 22.7 Å². The zero-order valence-electron chi connectivity index (χ0n) is 17.5. The minimum absolute atomic E-state index is 0.116. The van der Waals surface area contributed by atoms with Crippen LogP contribution in [0.5, 0.6) is 0 Å². The van der Waals surface area contributed by atoms with Crippen LogP contribution in [0, 0.1) is 0 Å². The second kappa shape index (κ2) is 9.76. The summed E-state index contributed by atoms with van der Waals surface area (Å²) in [5, 5.41) is 2.82. The van der Waals surface area contributed by atoms with Crippen molar-refractivity contribution in [1.82, 2.24) is 9.21 Å². The third-order valence-electron chi connectivity index (χ3n) is 5.47. The molecule has 1 aromatic rings. The third kappa shape index (κ3) is 5.50. The van der Waals surface area contributed by atoms with Gasteiger partial charge < -0.3 is 19.9 Å². The van der Waals surface area contributed by atoms with E-state index in [0.29, 0.717) is 44.8 Å². The van der Waals surface area contributed by atoms with Gasteiger partial charge >= 0.3 is 0 Å². The van der Waals surface area contributed by atoms with Gasteiger partial charge in [-0.15, -0.1) is 0 Å². The molecule has 2 aliphatic rings. The van der Waals surface area contributed by atoms with Gasteiger partial charge in [0.15, 0.2) is 0 Å². The Labute approximate surface area is 178 Å². The summed E-state index contributed by atoms with van der Waals surface area (Å²) in [5.41, 5.74) is 1.72. The minimum Gasteiger partial charge on any atom is -0.378 e. The quantitative estimate of drug-likeness (QED) is 0.674. The van der Waals surface area contributed by atoms with E-state index in [9.17, 15) is 18.0 Å². The van der Waals surface area contributed by atoms with Crippen LogP contribution in [0.25, 0.3) is 0 Å². The number of amides is 2. The molecule has 3 rings (SSSR count). The Bertz CT molecular complexity index is 852. The predicted octanol–water partition coefficient (Wildman–Crippen LogP) is 0.734. The lowest BCUT2D eigenvalue weighted by Crippen LogP contribution is -2.49. The van der Waals surface area contributed by atoms with Gasteiger partial charge in [-0.1, -0.05) is 0 Å². The maximum atomic E-state index is 12.9. The lowest BCUT2D eigenvalue weighted by molar-refractivity contribution is -0.137. The van der Waals surface area contributed by atoms with E-state index in [4.69, 9.17) is 4.74 Å². The number of nitrogens with zero attached hydrogens (tertiary/aromatic N) is 3. The van der Waals surface area contributed by atoms with Gasteiger partial charge in [0.25, 0.3) is 0 Å². The van der Waals surface area contributed by atoms with Crippen molar-refractivity contribution in [2.24, 2.45) is 0 Å². The molecule has 166 valence electrons. The number of rotatable bonds is 7. The maximum Gasteiger partial charge on any atom is 0.243 e. The molecule has 2 aliphatic heterocycles. The van der Waals surface area contributed by atoms with Crippen LogP contribution < -0.4 is 10.2 Å². The Hall–Kier alpha value is -2.17. The smallest absolute Gasteiger partial charge is 0.243 e. The van der Waals surface area contributed by atoms with Crippen LogP contribution in [0.4, 0.5) is 11.4 Å². The van der Waals surface area contributed by atoms with E-state index in [0.717, 1.165) is 25.0 Å². The number of carbonyl (C=O) groups is 2. The molecule has 1 aromatic carbocycles. The van der Waals surface area contributed by atoms with Gasteiger partial charge in [-0.3, -0.25) is 9.59 Å². The first kappa shape index (κ1) is 22.5. The molecule has 0 radical (unpaired) electrons. The van der Waals surface area contributed by atoms with Gasteiger partial charge in [0.1, 0.15) is 6.04 Å². The topological polar surface area (TPSA) is 99.3 Å². The number of likely N-dealkylation sites (N-methyl/N-ethyl adjacent to an activating group) is 1. The van der Waals surface area contributed by atoms with Crippen LogP contribution in [0.2, 0.25) is 0 Å². The fourth-order valence-corrected chi connectivity index (χ4v) is 5.01. The van der Waals surface area contributed by atoms with Crippen molar-refractivity contribution in [3.05, 3.63) is 24.3 Å². The number of nitrogens with one attached hydrogen (secondary N) is 1. The number of ether oxygens (including phenoxy) is 1. The van der Waals surface area contributed by atoms with Gasteiger partial charge in [-0.05, 0) is 44.0 Å². The van der Waals surface area contributed by atoms with Crippen molar-refractivity contribution in [3.8, 4) is 0 Å². The molecule has 9 nitrogen and oxygen atoms in total. The molecule has 0 aliphatic carbocycles. The summed E-state index contributed by atoms with van der Waals surface area (Å²) in [7, 11) is -3.46. The van der Waals surface area contributed by atoms with Gasteiger partial charge in [-0.25, -0.2) is 8.42 Å². The van der Waals surface area contributed by atoms with Gasteiger partial charge in [0.05, 0.1) is 26.0 Å². The van der Waals surface area contributed by atoms with Crippen molar-refractivity contribution in [3.63, 3.8) is 0 Å². The highest BCUT2D eigenvalue weighted by atomic mass is 32.2. The van der Waals surface area contributed by atoms with Crippen LogP contribution in [0.1, 0.15) is 19.8 Å². The van der Waals surface area contributed by atoms with E-state index in [1.54, 1.807) is 6.92 Å². The lowest BCUT2D eigenvalue weighted by Gasteiger charge is -2.29. The van der Waals surface area contributed by atoms with Crippen molar-refractivity contribution in [2.75, 3.05) is 62.4 Å². The van der Waals surface area contributed by atoms with E-state index < -0.39 is 16.1 Å². The predicted molar refractivity (Wildman–Crippen MR) is 115 cm³/mol. The fourth-order valence-electron chi connectivity index (χ4n) is 3.89. The van der Waals surface area contributed by atoms with Crippen LogP contribution in [0.15, 0.2) is 24.3 Å². The Morgan fingerprint density at radius 3 is 2.43 bits per heavy atom. The lowest BCUT2D eigenvalue weighted by atomic mass is 10.2. The number of carbonyl (C=O) groups excluding carboxylic acids is 2. The molecule has 1 atom stereocenters. The second-order valence-electron chi connectivity index (χ2n) is 7.58. The average molecular weight is 439 g/mol. The van der Waals surface area contributed by atoms with Crippen molar-refractivity contribution >= 4 is 33.2 Å². The third-order valence-corrected chi connectivity index (χ3v) is 6.76. The van der Waals surface area contributed by atoms with Gasteiger partial charge in [-0.2, -0.15) is 4.31 Å². The first-order valence-corrected chi connectivity index (χ1v) is 12.1. The zero-order valence-corrected chi connectivity index (χ0v) is 18.4. The highest BCUT2D eigenvalue weighted by molar-refractivity contribution is 7.88. The van der Waals surface area contributed by atoms with E-state index >= 15 is 0 Å². The molecule has 0 bridgehead atoms. The average Bonchev–Trinajstić information content (AvgIpc) is 3.23. The van der Waals surface area contributed by atoms with E-state index in [2.05, 4.69) is 10.2 Å². The molecule has 2 heterocycles. The summed E-state index contributed by atoms with van der Waals surface area (Å²) < 4.78 is 30.5. The second-order valence-corrected chi connectivity index (χ2v) is 9.51. The Kier molecular flexibility index (Phi) is 7.32. The number of benzene rings is 1. The molecular formula is C20H30N4O5S. The monoisotopic (exact) mass is 438 g/mol. The molecule has 10 heteroatoms. The first-order valence-electron chi connectivity index (χ1n) is 10.3. The molecule has 0 spiro atoms. The summed E-state index contributed by atoms with van der Waals surface area (Å²) >= 11 is 0. The summed E-state index contributed by atoms with van der Waals surface area (Å²) in [4.78, 5) is 29.0. The number of hydrogen-bond donors (Lipinski definition) is 1. The van der Waals surface area contributed by atoms with Gasteiger partial charge in [0, 0.05) is 37.6 Å². The summed E-state index contributed by atoms with van der Waals surface area (Å²) in [5.74, 6) is -0.633. The first-order chi connectivity index (χ1) is 14.3. The molecule has 2 amide bonds. The summed E-state index contributed by atoms with van der Waals surface area (Å²) in [6.07, 6.45) is 2.23. The van der Waals surface area contributed by atoms with E-state index in [1.165, 1.54) is 9.21 Å². The number of morpholine rings is 1. The molecule has 30 heavy (non-hydrogen) atoms. The Balaban J connectivity index is 1.58. The number of anilines is 2. The van der Waals surface area contributed by atoms with Crippen LogP contribution in [-0.4, -0.2) is 87.7 Å². The normalized spacial score (nSPS) is 20.2. The molecule has 2 saturated heterocycles. The fraction of sp³-hybridized carbons (Fsp3) is 0.600. The van der Waals surface area contributed by atoms with Crippen LogP contribution >= 0.6 is 0 Å². The van der Waals surface area contributed by atoms with Crippen molar-refractivity contribution in [1.29, 1.82) is 0 Å². The molecule has 0 aromatic heterocycles. The highest BCUT2D eigenvalue weighted by Gasteiger charge is 2.38. The summed E-state index contributed by atoms with van der Waals surface area (Å²) in [6.45, 7) is 5.42. The molecule has 1 N–H and O–H groups in total. The van der Waals surface area contributed by atoms with Gasteiger partial charge in [0.2, 0.25) is 21.8 Å². The van der Waals surface area contributed by atoms with Crippen molar-refractivity contribution in [2.45, 2.75) is 25.8 Å². The molecule has 1 unspecified atom stereocenters. The Morgan fingerprint density at radius 1 is 1.17 bits per heavy atom. The molecule has 0 saturated carbocycles. The molecular weight excluding hydrogens is 408 g/mol. The largest absolute Gasteiger partial charge is 0.378 e. The molecule has 2 fully saturated rings. The van der Waals surface area contributed by atoms with Crippen LogP contribution in [0.3, 0.4) is 0 Å². The number of sulfonamides is 1. The van der Waals surface area contributed by atoms with E-state index in [-0.39, 0.29) is 18.4 Å².